The van der Waals surface area contributed by atoms with Crippen molar-refractivity contribution in [3.8, 4) is 5.75 Å². The maximum Gasteiger partial charge on any atom is 0.227 e. The molecule has 1 aromatic carbocycles. The standard InChI is InChI=1S/C22H37N3O4S/c1-4-7-18-30(27,28)25-14-12-19(13-15-25)22(26)23-20-8-10-21(11-9-20)29-17-16-24(5-2)6-3/h8-11,19H,4-7,12-18H2,1-3H3,(H,23,26). The molecule has 2 rings (SSSR count). The van der Waals surface area contributed by atoms with E-state index in [1.165, 1.54) is 4.31 Å². The molecular weight excluding hydrogens is 402 g/mol. The lowest BCUT2D eigenvalue weighted by atomic mass is 9.97. The number of carbonyl (C=O) groups excluding carboxylic acids is 1. The molecule has 0 spiro atoms. The SMILES string of the molecule is CCCCS(=O)(=O)N1CCC(C(=O)Nc2ccc(OCCN(CC)CC)cc2)CC1. The summed E-state index contributed by atoms with van der Waals surface area (Å²) < 4.78 is 31.9. The van der Waals surface area contributed by atoms with E-state index < -0.39 is 10.0 Å². The normalized spacial score (nSPS) is 16.0. The van der Waals surface area contributed by atoms with Crippen molar-refractivity contribution in [2.24, 2.45) is 5.92 Å². The van der Waals surface area contributed by atoms with Gasteiger partial charge in [0.05, 0.1) is 5.75 Å². The minimum absolute atomic E-state index is 0.0455. The molecule has 1 amide bonds. The fraction of sp³-hybridized carbons (Fsp3) is 0.682. The molecular formula is C22H37N3O4S. The van der Waals surface area contributed by atoms with E-state index in [1.807, 2.05) is 31.2 Å². The molecule has 0 bridgehead atoms. The van der Waals surface area contributed by atoms with Crippen LogP contribution in [0.3, 0.4) is 0 Å². The van der Waals surface area contributed by atoms with Gasteiger partial charge in [-0.3, -0.25) is 4.79 Å². The Hall–Kier alpha value is -1.64. The number of amides is 1. The van der Waals surface area contributed by atoms with Crippen LogP contribution < -0.4 is 10.1 Å². The zero-order valence-electron chi connectivity index (χ0n) is 18.6. The predicted octanol–water partition coefficient (Wildman–Crippen LogP) is 3.19. The molecule has 0 saturated carbocycles. The second kappa shape index (κ2) is 12.3. The summed E-state index contributed by atoms with van der Waals surface area (Å²) in [7, 11) is -3.19. The van der Waals surface area contributed by atoms with Crippen LogP contribution in [0.5, 0.6) is 5.75 Å². The molecule has 170 valence electrons. The molecule has 1 saturated heterocycles. The summed E-state index contributed by atoms with van der Waals surface area (Å²) in [5, 5.41) is 2.95. The average Bonchev–Trinajstić information content (AvgIpc) is 2.76. The van der Waals surface area contributed by atoms with E-state index >= 15 is 0 Å². The van der Waals surface area contributed by atoms with Gasteiger partial charge in [0, 0.05) is 31.2 Å². The molecule has 0 unspecified atom stereocenters. The number of nitrogens with one attached hydrogen (secondary N) is 1. The molecule has 0 aliphatic carbocycles. The minimum atomic E-state index is -3.19. The Labute approximate surface area is 181 Å². The number of unbranched alkanes of at least 4 members (excludes halogenated alkanes) is 1. The van der Waals surface area contributed by atoms with Crippen molar-refractivity contribution in [3.63, 3.8) is 0 Å². The number of piperidine rings is 1. The van der Waals surface area contributed by atoms with Crippen LogP contribution in [0.2, 0.25) is 0 Å². The third-order valence-electron chi connectivity index (χ3n) is 5.67. The summed E-state index contributed by atoms with van der Waals surface area (Å²) in [6.07, 6.45) is 2.66. The van der Waals surface area contributed by atoms with Crippen molar-refractivity contribution in [2.75, 3.05) is 50.4 Å². The summed E-state index contributed by atoms with van der Waals surface area (Å²) in [6, 6.07) is 7.41. The molecule has 1 fully saturated rings. The highest BCUT2D eigenvalue weighted by molar-refractivity contribution is 7.89. The van der Waals surface area contributed by atoms with E-state index in [4.69, 9.17) is 4.74 Å². The number of sulfonamides is 1. The third-order valence-corrected chi connectivity index (χ3v) is 7.62. The molecule has 7 nitrogen and oxygen atoms in total. The number of nitrogens with zero attached hydrogens (tertiary/aromatic N) is 2. The second-order valence-corrected chi connectivity index (χ2v) is 9.82. The number of carbonyl (C=O) groups is 1. The average molecular weight is 440 g/mol. The molecule has 30 heavy (non-hydrogen) atoms. The van der Waals surface area contributed by atoms with E-state index in [2.05, 4.69) is 24.1 Å². The lowest BCUT2D eigenvalue weighted by Gasteiger charge is -2.30. The van der Waals surface area contributed by atoms with Gasteiger partial charge in [-0.05, 0) is 56.6 Å². The number of rotatable bonds is 12. The Kier molecular flexibility index (Phi) is 10.1. The van der Waals surface area contributed by atoms with E-state index in [0.717, 1.165) is 37.5 Å². The van der Waals surface area contributed by atoms with Crippen molar-refractivity contribution in [1.29, 1.82) is 0 Å². The summed E-state index contributed by atoms with van der Waals surface area (Å²) in [5.41, 5.74) is 0.731. The van der Waals surface area contributed by atoms with Gasteiger partial charge in [-0.25, -0.2) is 12.7 Å². The van der Waals surface area contributed by atoms with Gasteiger partial charge < -0.3 is 15.0 Å². The van der Waals surface area contributed by atoms with Gasteiger partial charge in [-0.2, -0.15) is 0 Å². The van der Waals surface area contributed by atoms with Crippen LogP contribution in [0.15, 0.2) is 24.3 Å². The predicted molar refractivity (Wildman–Crippen MR) is 121 cm³/mol. The number of likely N-dealkylation sites (N-methyl/N-ethyl adjacent to an activating group) is 1. The van der Waals surface area contributed by atoms with E-state index in [1.54, 1.807) is 0 Å². The highest BCUT2D eigenvalue weighted by Crippen LogP contribution is 2.23. The van der Waals surface area contributed by atoms with Gasteiger partial charge in [0.15, 0.2) is 0 Å². The number of anilines is 1. The molecule has 0 aromatic heterocycles. The smallest absolute Gasteiger partial charge is 0.227 e. The number of hydrogen-bond acceptors (Lipinski definition) is 5. The van der Waals surface area contributed by atoms with Crippen LogP contribution in [-0.2, 0) is 14.8 Å². The summed E-state index contributed by atoms with van der Waals surface area (Å²) >= 11 is 0. The van der Waals surface area contributed by atoms with E-state index in [0.29, 0.717) is 39.0 Å². The first kappa shape index (κ1) is 24.6. The van der Waals surface area contributed by atoms with Gasteiger partial charge in [-0.15, -0.1) is 0 Å². The summed E-state index contributed by atoms with van der Waals surface area (Å²) in [4.78, 5) is 14.9. The maximum atomic E-state index is 12.6. The minimum Gasteiger partial charge on any atom is -0.492 e. The fourth-order valence-electron chi connectivity index (χ4n) is 3.56. The summed E-state index contributed by atoms with van der Waals surface area (Å²) in [6.45, 7) is 10.6. The Morgan fingerprint density at radius 2 is 1.77 bits per heavy atom. The first-order chi connectivity index (χ1) is 14.4. The first-order valence-corrected chi connectivity index (χ1v) is 12.7. The van der Waals surface area contributed by atoms with Crippen molar-refractivity contribution in [2.45, 2.75) is 46.5 Å². The highest BCUT2D eigenvalue weighted by Gasteiger charge is 2.30. The second-order valence-electron chi connectivity index (χ2n) is 7.73. The monoisotopic (exact) mass is 439 g/mol. The van der Waals surface area contributed by atoms with Gasteiger partial charge in [0.25, 0.3) is 0 Å². The molecule has 1 N–H and O–H groups in total. The highest BCUT2D eigenvalue weighted by atomic mass is 32.2. The zero-order chi connectivity index (χ0) is 22.0. The van der Waals surface area contributed by atoms with Crippen LogP contribution in [0, 0.1) is 5.92 Å². The van der Waals surface area contributed by atoms with E-state index in [9.17, 15) is 13.2 Å². The molecule has 0 atom stereocenters. The van der Waals surface area contributed by atoms with Crippen molar-refractivity contribution in [3.05, 3.63) is 24.3 Å². The Morgan fingerprint density at radius 1 is 1.13 bits per heavy atom. The molecule has 1 heterocycles. The molecule has 1 aromatic rings. The lowest BCUT2D eigenvalue weighted by molar-refractivity contribution is -0.120. The number of ether oxygens (including phenoxy) is 1. The van der Waals surface area contributed by atoms with Crippen LogP contribution >= 0.6 is 0 Å². The van der Waals surface area contributed by atoms with Crippen molar-refractivity contribution >= 4 is 21.6 Å². The fourth-order valence-corrected chi connectivity index (χ4v) is 5.24. The van der Waals surface area contributed by atoms with Crippen molar-refractivity contribution in [1.82, 2.24) is 9.21 Å². The van der Waals surface area contributed by atoms with Crippen LogP contribution in [-0.4, -0.2) is 68.6 Å². The first-order valence-electron chi connectivity index (χ1n) is 11.1. The largest absolute Gasteiger partial charge is 0.492 e. The molecule has 1 aliphatic rings. The van der Waals surface area contributed by atoms with Crippen LogP contribution in [0.4, 0.5) is 5.69 Å². The van der Waals surface area contributed by atoms with Gasteiger partial charge in [0.2, 0.25) is 15.9 Å². The van der Waals surface area contributed by atoms with Crippen LogP contribution in [0.1, 0.15) is 46.5 Å². The van der Waals surface area contributed by atoms with Gasteiger partial charge in [0.1, 0.15) is 12.4 Å². The molecule has 1 aliphatic heterocycles. The summed E-state index contributed by atoms with van der Waals surface area (Å²) in [5.74, 6) is 0.776. The van der Waals surface area contributed by atoms with Crippen molar-refractivity contribution < 1.29 is 17.9 Å². The number of hydrogen-bond donors (Lipinski definition) is 1. The van der Waals surface area contributed by atoms with E-state index in [-0.39, 0.29) is 17.6 Å². The molecule has 0 radical (unpaired) electrons. The quantitative estimate of drug-likeness (QED) is 0.541. The van der Waals surface area contributed by atoms with Crippen LogP contribution in [0.25, 0.3) is 0 Å². The number of benzene rings is 1. The molecule has 8 heteroatoms. The third kappa shape index (κ3) is 7.56. The Bertz CT molecular complexity index is 740. The zero-order valence-corrected chi connectivity index (χ0v) is 19.4. The Morgan fingerprint density at radius 3 is 2.33 bits per heavy atom. The lowest BCUT2D eigenvalue weighted by Crippen LogP contribution is -2.42. The topological polar surface area (TPSA) is 79.0 Å². The van der Waals surface area contributed by atoms with Gasteiger partial charge in [-0.1, -0.05) is 27.2 Å². The van der Waals surface area contributed by atoms with Gasteiger partial charge >= 0.3 is 0 Å². The Balaban J connectivity index is 1.77. The maximum absolute atomic E-state index is 12.6.